The average molecular weight is 254 g/mol. The SMILES string of the molecule is O=C(O)C1COCCN1C(=O)c1cncc(F)c1. The molecule has 6 nitrogen and oxygen atoms in total. The molecule has 2 heterocycles. The van der Waals surface area contributed by atoms with Crippen LogP contribution < -0.4 is 0 Å². The molecule has 1 atom stereocenters. The first-order chi connectivity index (χ1) is 8.59. The van der Waals surface area contributed by atoms with Crippen molar-refractivity contribution in [3.8, 4) is 0 Å². The van der Waals surface area contributed by atoms with Crippen molar-refractivity contribution < 1.29 is 23.8 Å². The van der Waals surface area contributed by atoms with Crippen molar-refractivity contribution in [3.05, 3.63) is 29.8 Å². The van der Waals surface area contributed by atoms with Crippen molar-refractivity contribution in [2.24, 2.45) is 0 Å². The molecular weight excluding hydrogens is 243 g/mol. The number of hydrogen-bond acceptors (Lipinski definition) is 4. The zero-order chi connectivity index (χ0) is 13.1. The smallest absolute Gasteiger partial charge is 0.328 e. The Morgan fingerprint density at radius 1 is 1.50 bits per heavy atom. The van der Waals surface area contributed by atoms with Crippen LogP contribution in [-0.4, -0.2) is 52.7 Å². The summed E-state index contributed by atoms with van der Waals surface area (Å²) in [6.07, 6.45) is 2.19. The van der Waals surface area contributed by atoms with E-state index in [4.69, 9.17) is 9.84 Å². The summed E-state index contributed by atoms with van der Waals surface area (Å²) in [6, 6.07) is -0.0153. The molecule has 1 aliphatic rings. The van der Waals surface area contributed by atoms with Crippen LogP contribution >= 0.6 is 0 Å². The van der Waals surface area contributed by atoms with Gasteiger partial charge in [0.2, 0.25) is 0 Å². The molecule has 0 aliphatic carbocycles. The number of nitrogens with zero attached hydrogens (tertiary/aromatic N) is 2. The van der Waals surface area contributed by atoms with Gasteiger partial charge in [-0.3, -0.25) is 9.78 Å². The maximum Gasteiger partial charge on any atom is 0.328 e. The molecule has 1 unspecified atom stereocenters. The zero-order valence-electron chi connectivity index (χ0n) is 9.38. The fraction of sp³-hybridized carbons (Fsp3) is 0.364. The molecule has 1 aromatic heterocycles. The largest absolute Gasteiger partial charge is 0.480 e. The number of aromatic nitrogens is 1. The summed E-state index contributed by atoms with van der Waals surface area (Å²) in [5.74, 6) is -2.34. The molecule has 1 aliphatic heterocycles. The third-order valence-corrected chi connectivity index (χ3v) is 2.63. The Hall–Kier alpha value is -2.02. The van der Waals surface area contributed by atoms with Crippen LogP contribution in [0.2, 0.25) is 0 Å². The minimum Gasteiger partial charge on any atom is -0.480 e. The third kappa shape index (κ3) is 2.45. The van der Waals surface area contributed by atoms with Crippen LogP contribution in [0.5, 0.6) is 0 Å². The summed E-state index contributed by atoms with van der Waals surface area (Å²) in [4.78, 5) is 27.8. The maximum atomic E-state index is 13.0. The number of hydrogen-bond donors (Lipinski definition) is 1. The maximum absolute atomic E-state index is 13.0. The lowest BCUT2D eigenvalue weighted by Crippen LogP contribution is -2.52. The number of carbonyl (C=O) groups excluding carboxylic acids is 1. The van der Waals surface area contributed by atoms with E-state index in [1.807, 2.05) is 0 Å². The van der Waals surface area contributed by atoms with Crippen LogP contribution in [0, 0.1) is 5.82 Å². The standard InChI is InChI=1S/C11H11FN2O4/c12-8-3-7(4-13-5-8)10(15)14-1-2-18-6-9(14)11(16)17/h3-5,9H,1-2,6H2,(H,16,17). The van der Waals surface area contributed by atoms with E-state index < -0.39 is 23.7 Å². The molecule has 0 aromatic carbocycles. The molecule has 1 amide bonds. The normalized spacial score (nSPS) is 19.6. The van der Waals surface area contributed by atoms with E-state index in [2.05, 4.69) is 4.98 Å². The molecular formula is C11H11FN2O4. The van der Waals surface area contributed by atoms with Crippen molar-refractivity contribution in [2.75, 3.05) is 19.8 Å². The average Bonchev–Trinajstić information content (AvgIpc) is 2.38. The van der Waals surface area contributed by atoms with Gasteiger partial charge in [-0.2, -0.15) is 0 Å². The predicted molar refractivity (Wildman–Crippen MR) is 57.5 cm³/mol. The van der Waals surface area contributed by atoms with Gasteiger partial charge in [0.25, 0.3) is 5.91 Å². The van der Waals surface area contributed by atoms with Crippen LogP contribution in [0.15, 0.2) is 18.5 Å². The summed E-state index contributed by atoms with van der Waals surface area (Å²) in [5.41, 5.74) is 0.0307. The Kier molecular flexibility index (Phi) is 3.52. The monoisotopic (exact) mass is 254 g/mol. The molecule has 7 heteroatoms. The van der Waals surface area contributed by atoms with Crippen molar-refractivity contribution in [1.82, 2.24) is 9.88 Å². The van der Waals surface area contributed by atoms with Crippen LogP contribution in [0.25, 0.3) is 0 Å². The number of amides is 1. The lowest BCUT2D eigenvalue weighted by atomic mass is 10.1. The van der Waals surface area contributed by atoms with Crippen molar-refractivity contribution >= 4 is 11.9 Å². The van der Waals surface area contributed by atoms with Crippen LogP contribution in [-0.2, 0) is 9.53 Å². The Morgan fingerprint density at radius 3 is 2.94 bits per heavy atom. The molecule has 1 fully saturated rings. The number of ether oxygens (including phenoxy) is 1. The second-order valence-corrected chi connectivity index (χ2v) is 3.82. The highest BCUT2D eigenvalue weighted by atomic mass is 19.1. The fourth-order valence-corrected chi connectivity index (χ4v) is 1.75. The van der Waals surface area contributed by atoms with Gasteiger partial charge in [0.05, 0.1) is 25.0 Å². The third-order valence-electron chi connectivity index (χ3n) is 2.63. The first kappa shape index (κ1) is 12.4. The molecule has 0 bridgehead atoms. The molecule has 0 saturated carbocycles. The predicted octanol–water partition coefficient (Wildman–Crippen LogP) is 0.146. The van der Waals surface area contributed by atoms with E-state index >= 15 is 0 Å². The fourth-order valence-electron chi connectivity index (χ4n) is 1.75. The summed E-state index contributed by atoms with van der Waals surface area (Å²) in [5, 5.41) is 9.00. The Balaban J connectivity index is 2.23. The number of rotatable bonds is 2. The number of aliphatic carboxylic acids is 1. The number of carbonyl (C=O) groups is 2. The van der Waals surface area contributed by atoms with Gasteiger partial charge in [-0.15, -0.1) is 0 Å². The second-order valence-electron chi connectivity index (χ2n) is 3.82. The summed E-state index contributed by atoms with van der Waals surface area (Å²) in [7, 11) is 0. The minimum absolute atomic E-state index is 0.0307. The molecule has 96 valence electrons. The topological polar surface area (TPSA) is 79.7 Å². The molecule has 1 saturated heterocycles. The van der Waals surface area contributed by atoms with Crippen LogP contribution in [0.3, 0.4) is 0 Å². The highest BCUT2D eigenvalue weighted by Gasteiger charge is 2.33. The van der Waals surface area contributed by atoms with Gasteiger partial charge in [0.15, 0.2) is 6.04 Å². The Bertz CT molecular complexity index is 480. The molecule has 0 radical (unpaired) electrons. The van der Waals surface area contributed by atoms with E-state index in [1.54, 1.807) is 0 Å². The summed E-state index contributed by atoms with van der Waals surface area (Å²) in [6.45, 7) is 0.356. The van der Waals surface area contributed by atoms with Crippen molar-refractivity contribution in [2.45, 2.75) is 6.04 Å². The first-order valence-electron chi connectivity index (χ1n) is 5.31. The van der Waals surface area contributed by atoms with Crippen molar-refractivity contribution in [1.29, 1.82) is 0 Å². The zero-order valence-corrected chi connectivity index (χ0v) is 9.38. The van der Waals surface area contributed by atoms with Crippen molar-refractivity contribution in [3.63, 3.8) is 0 Å². The molecule has 1 aromatic rings. The molecule has 18 heavy (non-hydrogen) atoms. The second kappa shape index (κ2) is 5.09. The molecule has 2 rings (SSSR count). The quantitative estimate of drug-likeness (QED) is 0.812. The number of pyridine rings is 1. The van der Waals surface area contributed by atoms with Gasteiger partial charge >= 0.3 is 5.97 Å². The highest BCUT2D eigenvalue weighted by Crippen LogP contribution is 2.13. The van der Waals surface area contributed by atoms with Gasteiger partial charge < -0.3 is 14.7 Å². The van der Waals surface area contributed by atoms with Gasteiger partial charge in [0.1, 0.15) is 5.82 Å². The van der Waals surface area contributed by atoms with E-state index in [1.165, 1.54) is 6.20 Å². The van der Waals surface area contributed by atoms with Crippen LogP contribution in [0.4, 0.5) is 4.39 Å². The highest BCUT2D eigenvalue weighted by molar-refractivity contribution is 5.96. The lowest BCUT2D eigenvalue weighted by molar-refractivity contribution is -0.147. The number of halogens is 1. The molecule has 0 spiro atoms. The van der Waals surface area contributed by atoms with E-state index in [0.717, 1.165) is 17.2 Å². The lowest BCUT2D eigenvalue weighted by Gasteiger charge is -2.32. The van der Waals surface area contributed by atoms with Crippen LogP contribution in [0.1, 0.15) is 10.4 Å². The Morgan fingerprint density at radius 2 is 2.28 bits per heavy atom. The molecule has 1 N–H and O–H groups in total. The van der Waals surface area contributed by atoms with E-state index in [-0.39, 0.29) is 25.3 Å². The Labute approximate surface area is 102 Å². The van der Waals surface area contributed by atoms with E-state index in [9.17, 15) is 14.0 Å². The van der Waals surface area contributed by atoms with Gasteiger partial charge in [-0.1, -0.05) is 0 Å². The number of carboxylic acid groups (broad SMARTS) is 1. The van der Waals surface area contributed by atoms with Gasteiger partial charge in [0, 0.05) is 12.7 Å². The van der Waals surface area contributed by atoms with Gasteiger partial charge in [-0.05, 0) is 6.07 Å². The number of carboxylic acids is 1. The summed E-state index contributed by atoms with van der Waals surface area (Å²) >= 11 is 0. The number of morpholine rings is 1. The first-order valence-corrected chi connectivity index (χ1v) is 5.31. The minimum atomic E-state index is -1.15. The van der Waals surface area contributed by atoms with Gasteiger partial charge in [-0.25, -0.2) is 9.18 Å². The summed E-state index contributed by atoms with van der Waals surface area (Å²) < 4.78 is 18.0. The van der Waals surface area contributed by atoms with E-state index in [0.29, 0.717) is 0 Å².